The number of anilines is 1. The van der Waals surface area contributed by atoms with E-state index in [1.807, 2.05) is 60.7 Å². The molecular formula is C32H32N2O5. The average Bonchev–Trinajstić information content (AvgIpc) is 2.99. The molecule has 0 saturated heterocycles. The molecule has 1 aliphatic rings. The summed E-state index contributed by atoms with van der Waals surface area (Å²) in [5, 5.41) is 8.89. The van der Waals surface area contributed by atoms with E-state index in [0.29, 0.717) is 43.6 Å². The van der Waals surface area contributed by atoms with Gasteiger partial charge in [0.1, 0.15) is 6.61 Å². The molecule has 1 N–H and O–H groups in total. The number of pyridine rings is 1. The number of ether oxygens (including phenoxy) is 2. The largest absolute Gasteiger partial charge is 0.489 e. The van der Waals surface area contributed by atoms with E-state index in [1.165, 1.54) is 5.56 Å². The molecule has 5 rings (SSSR count). The summed E-state index contributed by atoms with van der Waals surface area (Å²) in [5.41, 5.74) is 4.69. The highest BCUT2D eigenvalue weighted by Gasteiger charge is 2.33. The second-order valence-electron chi connectivity index (χ2n) is 9.91. The molecule has 7 nitrogen and oxygen atoms in total. The van der Waals surface area contributed by atoms with Crippen LogP contribution >= 0.6 is 0 Å². The smallest absolute Gasteiger partial charge is 0.255 e. The maximum absolute atomic E-state index is 14.2. The minimum absolute atomic E-state index is 0.0282. The summed E-state index contributed by atoms with van der Waals surface area (Å²) in [4.78, 5) is 24.3. The lowest BCUT2D eigenvalue weighted by Gasteiger charge is -2.32. The summed E-state index contributed by atoms with van der Waals surface area (Å²) in [6.45, 7) is 5.43. The Bertz CT molecular complexity index is 1390. The van der Waals surface area contributed by atoms with Crippen molar-refractivity contribution >= 4 is 11.6 Å². The zero-order valence-corrected chi connectivity index (χ0v) is 22.1. The highest BCUT2D eigenvalue weighted by atomic mass is 17.1. The Morgan fingerprint density at radius 3 is 2.49 bits per heavy atom. The number of benzene rings is 3. The molecule has 39 heavy (non-hydrogen) atoms. The van der Waals surface area contributed by atoms with E-state index in [9.17, 15) is 4.79 Å². The van der Waals surface area contributed by atoms with Gasteiger partial charge in [-0.1, -0.05) is 74.5 Å². The molecule has 0 aliphatic carbocycles. The zero-order chi connectivity index (χ0) is 27.2. The molecule has 2 heterocycles. The fraction of sp³-hybridized carbons (Fsp3) is 0.250. The number of para-hydroxylation sites is 1. The van der Waals surface area contributed by atoms with Gasteiger partial charge < -0.3 is 19.3 Å². The van der Waals surface area contributed by atoms with Gasteiger partial charge in [0.05, 0.1) is 19.1 Å². The number of fused-ring (bicyclic) bond motifs is 1. The molecule has 3 aromatic carbocycles. The molecule has 0 spiro atoms. The SMILES string of the molecule is CC(C)c1ccc(N(Cc2ccc(OO)nc2)C(=O)C2CCOc3c(OCc4ccccc4)cccc32)cc1. The van der Waals surface area contributed by atoms with Crippen molar-refractivity contribution in [1.82, 2.24) is 4.98 Å². The maximum atomic E-state index is 14.2. The lowest BCUT2D eigenvalue weighted by Crippen LogP contribution is -2.37. The van der Waals surface area contributed by atoms with Crippen molar-refractivity contribution in [2.45, 2.75) is 45.3 Å². The van der Waals surface area contributed by atoms with Gasteiger partial charge in [-0.25, -0.2) is 10.2 Å². The molecule has 1 unspecified atom stereocenters. The first-order chi connectivity index (χ1) is 19.0. The van der Waals surface area contributed by atoms with Gasteiger partial charge in [0.25, 0.3) is 5.88 Å². The first-order valence-electron chi connectivity index (χ1n) is 13.1. The van der Waals surface area contributed by atoms with Crippen molar-refractivity contribution in [3.8, 4) is 17.4 Å². The molecule has 1 aliphatic heterocycles. The number of carbonyl (C=O) groups excluding carboxylic acids is 1. The van der Waals surface area contributed by atoms with Crippen LogP contribution < -0.4 is 19.3 Å². The van der Waals surface area contributed by atoms with E-state index in [-0.39, 0.29) is 11.8 Å². The monoisotopic (exact) mass is 524 g/mol. The minimum atomic E-state index is -0.396. The molecule has 0 radical (unpaired) electrons. The molecular weight excluding hydrogens is 492 g/mol. The predicted octanol–water partition coefficient (Wildman–Crippen LogP) is 6.74. The minimum Gasteiger partial charge on any atom is -0.489 e. The number of rotatable bonds is 9. The lowest BCUT2D eigenvalue weighted by atomic mass is 9.91. The Balaban J connectivity index is 1.44. The van der Waals surface area contributed by atoms with Crippen molar-refractivity contribution in [2.75, 3.05) is 11.5 Å². The lowest BCUT2D eigenvalue weighted by molar-refractivity contribution is -0.141. The van der Waals surface area contributed by atoms with Crippen LogP contribution in [0, 0.1) is 0 Å². The topological polar surface area (TPSA) is 81.1 Å². The van der Waals surface area contributed by atoms with Gasteiger partial charge in [0, 0.05) is 23.5 Å². The van der Waals surface area contributed by atoms with Crippen LogP contribution in [-0.4, -0.2) is 22.8 Å². The summed E-state index contributed by atoms with van der Waals surface area (Å²) < 4.78 is 12.2. The fourth-order valence-electron chi connectivity index (χ4n) is 4.77. The van der Waals surface area contributed by atoms with Crippen LogP contribution in [0.2, 0.25) is 0 Å². The van der Waals surface area contributed by atoms with Crippen LogP contribution in [0.1, 0.15) is 54.4 Å². The molecule has 0 fully saturated rings. The number of hydrogen-bond acceptors (Lipinski definition) is 6. The summed E-state index contributed by atoms with van der Waals surface area (Å²) in [6.07, 6.45) is 2.16. The standard InChI is InChI=1S/C32H32N2O5/c1-22(2)25-12-14-26(15-13-25)34(20-24-11-16-30(39-36)33-19-24)32(35)28-17-18-37-31-27(28)9-6-10-29(31)38-21-23-7-4-3-5-8-23/h3-16,19,22,28,36H,17-18,20-21H2,1-2H3. The maximum Gasteiger partial charge on any atom is 0.255 e. The van der Waals surface area contributed by atoms with Crippen molar-refractivity contribution in [1.29, 1.82) is 0 Å². The van der Waals surface area contributed by atoms with Crippen LogP contribution in [-0.2, 0) is 17.9 Å². The van der Waals surface area contributed by atoms with Crippen LogP contribution in [0.4, 0.5) is 5.69 Å². The van der Waals surface area contributed by atoms with Crippen LogP contribution in [0.3, 0.4) is 0 Å². The second-order valence-corrected chi connectivity index (χ2v) is 9.91. The number of carbonyl (C=O) groups is 1. The Hall–Kier alpha value is -4.36. The molecule has 1 amide bonds. The first kappa shape index (κ1) is 26.3. The van der Waals surface area contributed by atoms with Gasteiger partial charge in [-0.15, -0.1) is 0 Å². The Morgan fingerprint density at radius 1 is 1.00 bits per heavy atom. The van der Waals surface area contributed by atoms with Crippen molar-refractivity contribution in [2.24, 2.45) is 0 Å². The number of amides is 1. The summed E-state index contributed by atoms with van der Waals surface area (Å²) in [6, 6.07) is 27.2. The number of hydrogen-bond donors (Lipinski definition) is 1. The van der Waals surface area contributed by atoms with Crippen molar-refractivity contribution in [3.05, 3.63) is 113 Å². The Morgan fingerprint density at radius 2 is 1.79 bits per heavy atom. The normalized spacial score (nSPS) is 14.3. The van der Waals surface area contributed by atoms with Gasteiger partial charge >= 0.3 is 0 Å². The fourth-order valence-corrected chi connectivity index (χ4v) is 4.77. The zero-order valence-electron chi connectivity index (χ0n) is 22.1. The van der Waals surface area contributed by atoms with Gasteiger partial charge in [0.2, 0.25) is 5.91 Å². The highest BCUT2D eigenvalue weighted by Crippen LogP contribution is 2.42. The number of nitrogens with zero attached hydrogens (tertiary/aromatic N) is 2. The number of aromatic nitrogens is 1. The average molecular weight is 525 g/mol. The molecule has 7 heteroatoms. The second kappa shape index (κ2) is 12.0. The third-order valence-electron chi connectivity index (χ3n) is 6.94. The van der Waals surface area contributed by atoms with Gasteiger partial charge in [0.15, 0.2) is 11.5 Å². The summed E-state index contributed by atoms with van der Waals surface area (Å²) in [7, 11) is 0. The summed E-state index contributed by atoms with van der Waals surface area (Å²) >= 11 is 0. The third-order valence-corrected chi connectivity index (χ3v) is 6.94. The predicted molar refractivity (Wildman–Crippen MR) is 149 cm³/mol. The summed E-state index contributed by atoms with van der Waals surface area (Å²) in [5.74, 6) is 1.31. The molecule has 0 saturated carbocycles. The Labute approximate surface area is 228 Å². The van der Waals surface area contributed by atoms with Crippen LogP contribution in [0.25, 0.3) is 0 Å². The van der Waals surface area contributed by atoms with E-state index in [2.05, 4.69) is 35.9 Å². The molecule has 4 aromatic rings. The highest BCUT2D eigenvalue weighted by molar-refractivity contribution is 5.98. The van der Waals surface area contributed by atoms with E-state index in [1.54, 1.807) is 23.2 Å². The van der Waals surface area contributed by atoms with Crippen LogP contribution in [0.5, 0.6) is 17.4 Å². The van der Waals surface area contributed by atoms with E-state index in [4.69, 9.17) is 14.7 Å². The van der Waals surface area contributed by atoms with Gasteiger partial charge in [-0.05, 0) is 47.2 Å². The van der Waals surface area contributed by atoms with E-state index < -0.39 is 5.92 Å². The van der Waals surface area contributed by atoms with Crippen molar-refractivity contribution in [3.63, 3.8) is 0 Å². The van der Waals surface area contributed by atoms with Gasteiger partial charge in [-0.2, -0.15) is 0 Å². The van der Waals surface area contributed by atoms with Gasteiger partial charge in [-0.3, -0.25) is 4.79 Å². The third kappa shape index (κ3) is 6.04. The molecule has 1 aromatic heterocycles. The van der Waals surface area contributed by atoms with Crippen molar-refractivity contribution < 1.29 is 24.4 Å². The van der Waals surface area contributed by atoms with Crippen LogP contribution in [0.15, 0.2) is 91.1 Å². The molecule has 1 atom stereocenters. The van der Waals surface area contributed by atoms with E-state index in [0.717, 1.165) is 22.4 Å². The quantitative estimate of drug-likeness (QED) is 0.193. The first-order valence-corrected chi connectivity index (χ1v) is 13.1. The Kier molecular flexibility index (Phi) is 8.08. The van der Waals surface area contributed by atoms with E-state index >= 15 is 0 Å². The molecule has 200 valence electrons. The molecule has 0 bridgehead atoms.